The third kappa shape index (κ3) is 9.74. The van der Waals surface area contributed by atoms with Gasteiger partial charge in [-0.25, -0.2) is 0 Å². The molecule has 0 spiro atoms. The number of hydrogen-bond donors (Lipinski definition) is 5. The highest BCUT2D eigenvalue weighted by atomic mass is 31.2. The summed E-state index contributed by atoms with van der Waals surface area (Å²) in [5, 5.41) is 2.28. The lowest BCUT2D eigenvalue weighted by molar-refractivity contribution is 0.327. The molecule has 5 N–H and O–H groups in total. The SMILES string of the molecule is CCCCCCCCCNC(P(=O)(O)O)P(=O)(O)O. The normalized spacial score (nSPS) is 13.2. The summed E-state index contributed by atoms with van der Waals surface area (Å²) in [6.07, 6.45) is 7.23. The molecule has 0 bridgehead atoms. The van der Waals surface area contributed by atoms with Gasteiger partial charge in [-0.05, 0) is 13.0 Å². The highest BCUT2D eigenvalue weighted by molar-refractivity contribution is 7.70. The van der Waals surface area contributed by atoms with Crippen molar-refractivity contribution in [2.45, 2.75) is 57.4 Å². The van der Waals surface area contributed by atoms with Gasteiger partial charge in [0.2, 0.25) is 5.52 Å². The van der Waals surface area contributed by atoms with Gasteiger partial charge in [-0.15, -0.1) is 0 Å². The summed E-state index contributed by atoms with van der Waals surface area (Å²) in [6.45, 7) is 2.32. The maximum atomic E-state index is 11.0. The lowest BCUT2D eigenvalue weighted by Crippen LogP contribution is -2.29. The molecule has 0 saturated heterocycles. The van der Waals surface area contributed by atoms with Gasteiger partial charge in [-0.2, -0.15) is 0 Å². The lowest BCUT2D eigenvalue weighted by Gasteiger charge is -2.20. The Hall–Kier alpha value is 0.260. The van der Waals surface area contributed by atoms with Crippen LogP contribution in [0.4, 0.5) is 0 Å². The molecule has 19 heavy (non-hydrogen) atoms. The zero-order valence-corrected chi connectivity index (χ0v) is 13.0. The maximum Gasteiger partial charge on any atom is 0.354 e. The van der Waals surface area contributed by atoms with E-state index >= 15 is 0 Å². The molecule has 0 aliphatic rings. The Bertz CT molecular complexity index is 304. The van der Waals surface area contributed by atoms with Crippen molar-refractivity contribution in [2.24, 2.45) is 0 Å². The van der Waals surface area contributed by atoms with Crippen molar-refractivity contribution < 1.29 is 28.7 Å². The molecule has 0 aromatic heterocycles. The van der Waals surface area contributed by atoms with Gasteiger partial charge in [0.1, 0.15) is 0 Å². The summed E-state index contributed by atoms with van der Waals surface area (Å²) < 4.78 is 21.9. The van der Waals surface area contributed by atoms with Crippen LogP contribution >= 0.6 is 15.2 Å². The van der Waals surface area contributed by atoms with E-state index in [1.54, 1.807) is 0 Å². The van der Waals surface area contributed by atoms with E-state index in [4.69, 9.17) is 19.6 Å². The van der Waals surface area contributed by atoms with E-state index in [0.717, 1.165) is 19.3 Å². The van der Waals surface area contributed by atoms with E-state index in [1.807, 2.05) is 0 Å². The van der Waals surface area contributed by atoms with Gasteiger partial charge >= 0.3 is 15.2 Å². The van der Waals surface area contributed by atoms with Crippen molar-refractivity contribution in [3.05, 3.63) is 0 Å². The molecule has 116 valence electrons. The van der Waals surface area contributed by atoms with Crippen LogP contribution in [-0.4, -0.2) is 31.6 Å². The fourth-order valence-corrected chi connectivity index (χ4v) is 4.05. The van der Waals surface area contributed by atoms with Crippen molar-refractivity contribution in [1.29, 1.82) is 0 Å². The lowest BCUT2D eigenvalue weighted by atomic mass is 10.1. The molecule has 0 radical (unpaired) electrons. The van der Waals surface area contributed by atoms with Gasteiger partial charge in [0.05, 0.1) is 0 Å². The van der Waals surface area contributed by atoms with Crippen LogP contribution in [0.25, 0.3) is 0 Å². The Morgan fingerprint density at radius 2 is 1.26 bits per heavy atom. The predicted molar refractivity (Wildman–Crippen MR) is 73.9 cm³/mol. The molecular formula is C10H25NO6P2. The van der Waals surface area contributed by atoms with E-state index in [2.05, 4.69) is 12.2 Å². The molecule has 0 saturated carbocycles. The van der Waals surface area contributed by atoms with E-state index < -0.39 is 20.7 Å². The summed E-state index contributed by atoms with van der Waals surface area (Å²) >= 11 is 0. The van der Waals surface area contributed by atoms with Crippen molar-refractivity contribution in [1.82, 2.24) is 5.32 Å². The topological polar surface area (TPSA) is 127 Å². The summed E-state index contributed by atoms with van der Waals surface area (Å²) in [6, 6.07) is 0. The first-order valence-electron chi connectivity index (χ1n) is 6.53. The molecular weight excluding hydrogens is 292 g/mol. The quantitative estimate of drug-likeness (QED) is 0.291. The molecule has 9 heteroatoms. The summed E-state index contributed by atoms with van der Waals surface area (Å²) in [5.41, 5.74) is -2.08. The van der Waals surface area contributed by atoms with Crippen molar-refractivity contribution in [3.8, 4) is 0 Å². The molecule has 0 aromatic rings. The first-order valence-corrected chi connectivity index (χ1v) is 9.89. The fraction of sp³-hybridized carbons (Fsp3) is 1.00. The highest BCUT2D eigenvalue weighted by Gasteiger charge is 2.42. The molecule has 0 atom stereocenters. The van der Waals surface area contributed by atoms with Gasteiger partial charge in [0, 0.05) is 0 Å². The van der Waals surface area contributed by atoms with Crippen LogP contribution in [0.2, 0.25) is 0 Å². The standard InChI is InChI=1S/C10H25NO6P2/c1-2-3-4-5-6-7-8-9-11-10(18(12,13)14)19(15,16)17/h10-11H,2-9H2,1H3,(H2,12,13,14)(H2,15,16,17). The Morgan fingerprint density at radius 3 is 1.68 bits per heavy atom. The van der Waals surface area contributed by atoms with Gasteiger partial charge < -0.3 is 19.6 Å². The van der Waals surface area contributed by atoms with Gasteiger partial charge in [-0.1, -0.05) is 45.4 Å². The van der Waals surface area contributed by atoms with Crippen LogP contribution in [0, 0.1) is 0 Å². The largest absolute Gasteiger partial charge is 0.354 e. The van der Waals surface area contributed by atoms with E-state index in [1.165, 1.54) is 19.3 Å². The number of hydrogen-bond acceptors (Lipinski definition) is 3. The number of rotatable bonds is 11. The molecule has 7 nitrogen and oxygen atoms in total. The van der Waals surface area contributed by atoms with Crippen LogP contribution < -0.4 is 5.32 Å². The third-order valence-corrected chi connectivity index (χ3v) is 6.19. The highest BCUT2D eigenvalue weighted by Crippen LogP contribution is 2.58. The monoisotopic (exact) mass is 317 g/mol. The van der Waals surface area contributed by atoms with Crippen LogP contribution in [0.3, 0.4) is 0 Å². The van der Waals surface area contributed by atoms with Crippen LogP contribution in [0.15, 0.2) is 0 Å². The predicted octanol–water partition coefficient (Wildman–Crippen LogP) is 1.97. The summed E-state index contributed by atoms with van der Waals surface area (Å²) in [7, 11) is -9.68. The maximum absolute atomic E-state index is 11.0. The Morgan fingerprint density at radius 1 is 0.842 bits per heavy atom. The molecule has 0 unspecified atom stereocenters. The Labute approximate surface area is 114 Å². The fourth-order valence-electron chi connectivity index (χ4n) is 1.75. The molecule has 0 aliphatic carbocycles. The minimum atomic E-state index is -4.84. The van der Waals surface area contributed by atoms with E-state index in [9.17, 15) is 9.13 Å². The molecule has 0 heterocycles. The Balaban J connectivity index is 3.85. The number of nitrogens with one attached hydrogen (secondary N) is 1. The second-order valence-electron chi connectivity index (χ2n) is 4.63. The molecule has 0 aliphatic heterocycles. The first-order chi connectivity index (χ1) is 8.69. The second kappa shape index (κ2) is 9.24. The number of unbranched alkanes of at least 4 members (excludes halogenated alkanes) is 6. The zero-order chi connectivity index (χ0) is 14.9. The van der Waals surface area contributed by atoms with Gasteiger partial charge in [0.15, 0.2) is 0 Å². The Kier molecular flexibility index (Phi) is 9.37. The van der Waals surface area contributed by atoms with Gasteiger partial charge in [-0.3, -0.25) is 14.4 Å². The smallest absolute Gasteiger partial charge is 0.323 e. The minimum Gasteiger partial charge on any atom is -0.323 e. The van der Waals surface area contributed by atoms with E-state index in [-0.39, 0.29) is 6.54 Å². The molecule has 0 aromatic carbocycles. The van der Waals surface area contributed by atoms with Crippen molar-refractivity contribution in [3.63, 3.8) is 0 Å². The summed E-state index contributed by atoms with van der Waals surface area (Å²) in [5.74, 6) is 0. The average molecular weight is 317 g/mol. The summed E-state index contributed by atoms with van der Waals surface area (Å²) in [4.78, 5) is 35.5. The van der Waals surface area contributed by atoms with Crippen LogP contribution in [-0.2, 0) is 9.13 Å². The van der Waals surface area contributed by atoms with Crippen LogP contribution in [0.1, 0.15) is 51.9 Å². The minimum absolute atomic E-state index is 0.189. The second-order valence-corrected chi connectivity index (χ2v) is 8.42. The molecule has 0 fully saturated rings. The zero-order valence-electron chi connectivity index (χ0n) is 11.2. The van der Waals surface area contributed by atoms with Crippen molar-refractivity contribution >= 4 is 15.2 Å². The first kappa shape index (κ1) is 19.3. The molecule has 0 amide bonds. The average Bonchev–Trinajstić information content (AvgIpc) is 2.23. The van der Waals surface area contributed by atoms with Crippen molar-refractivity contribution in [2.75, 3.05) is 6.54 Å². The van der Waals surface area contributed by atoms with Crippen LogP contribution in [0.5, 0.6) is 0 Å². The molecule has 0 rings (SSSR count). The van der Waals surface area contributed by atoms with E-state index in [0.29, 0.717) is 6.42 Å². The third-order valence-electron chi connectivity index (χ3n) is 2.74. The van der Waals surface area contributed by atoms with Gasteiger partial charge in [0.25, 0.3) is 0 Å².